The first-order chi connectivity index (χ1) is 16.3. The van der Waals surface area contributed by atoms with E-state index < -0.39 is 0 Å². The Bertz CT molecular complexity index is 624. The smallest absolute Gasteiger partial charge is 0.00893 e. The minimum Gasteiger partial charge on any atom is -0.309 e. The van der Waals surface area contributed by atoms with Gasteiger partial charge >= 0.3 is 0 Å². The van der Waals surface area contributed by atoms with Crippen molar-refractivity contribution < 1.29 is 0 Å². The van der Waals surface area contributed by atoms with Gasteiger partial charge in [-0.3, -0.25) is 0 Å². The lowest BCUT2D eigenvalue weighted by molar-refractivity contribution is 0.389. The summed E-state index contributed by atoms with van der Waals surface area (Å²) in [7, 11) is 4.35. The average molecular weight is 450 g/mol. The molecule has 0 fully saturated rings. The van der Waals surface area contributed by atoms with Gasteiger partial charge in [0.1, 0.15) is 0 Å². The van der Waals surface area contributed by atoms with Crippen LogP contribution in [0.3, 0.4) is 0 Å². The highest BCUT2D eigenvalue weighted by Crippen LogP contribution is 2.30. The van der Waals surface area contributed by atoms with E-state index >= 15 is 0 Å². The lowest BCUT2D eigenvalue weighted by Gasteiger charge is -2.18. The number of benzene rings is 2. The Morgan fingerprint density at radius 2 is 0.788 bits per heavy atom. The van der Waals surface area contributed by atoms with Crippen molar-refractivity contribution in [1.29, 1.82) is 0 Å². The Kier molecular flexibility index (Phi) is 15.7. The molecule has 0 radical (unpaired) electrons. The van der Waals surface area contributed by atoms with Crippen LogP contribution in [-0.2, 0) is 0 Å². The molecule has 0 bridgehead atoms. The molecule has 0 unspecified atom stereocenters. The summed E-state index contributed by atoms with van der Waals surface area (Å²) in [6.07, 6.45) is 22.6. The quantitative estimate of drug-likeness (QED) is 0.182. The van der Waals surface area contributed by atoms with Gasteiger partial charge in [-0.2, -0.15) is 0 Å². The topological polar surface area (TPSA) is 3.24 Å². The molecule has 0 aromatic heterocycles. The molecule has 0 aliphatic carbocycles. The van der Waals surface area contributed by atoms with Gasteiger partial charge in [0, 0.05) is 5.92 Å². The molecule has 0 amide bonds. The van der Waals surface area contributed by atoms with Crippen molar-refractivity contribution in [1.82, 2.24) is 4.90 Å². The number of rotatable bonds is 20. The molecular formula is C32H51N. The van der Waals surface area contributed by atoms with E-state index in [0.717, 1.165) is 0 Å². The van der Waals surface area contributed by atoms with Crippen LogP contribution in [0.4, 0.5) is 0 Å². The molecule has 0 N–H and O–H groups in total. The lowest BCUT2D eigenvalue weighted by Crippen LogP contribution is -2.12. The summed E-state index contributed by atoms with van der Waals surface area (Å²) in [5, 5.41) is 0. The Labute approximate surface area is 206 Å². The van der Waals surface area contributed by atoms with Gasteiger partial charge in [0.2, 0.25) is 0 Å². The summed E-state index contributed by atoms with van der Waals surface area (Å²) in [5.41, 5.74) is 2.93. The Balaban J connectivity index is 1.42. The summed E-state index contributed by atoms with van der Waals surface area (Å²) < 4.78 is 0. The Morgan fingerprint density at radius 1 is 0.455 bits per heavy atom. The summed E-state index contributed by atoms with van der Waals surface area (Å²) in [4.78, 5) is 2.30. The zero-order valence-electron chi connectivity index (χ0n) is 21.8. The highest BCUT2D eigenvalue weighted by molar-refractivity contribution is 5.32. The minimum absolute atomic E-state index is 0.547. The van der Waals surface area contributed by atoms with Crippen LogP contribution in [0.15, 0.2) is 60.7 Å². The van der Waals surface area contributed by atoms with Crippen LogP contribution in [0, 0.1) is 0 Å². The molecule has 1 heteroatoms. The SMILES string of the molecule is CN(C)CCCCCCCCCCCCCCCCCC(c1ccccc1)c1ccccc1. The van der Waals surface area contributed by atoms with Crippen molar-refractivity contribution in [3.8, 4) is 0 Å². The third-order valence-electron chi connectivity index (χ3n) is 7.00. The molecule has 184 valence electrons. The van der Waals surface area contributed by atoms with Gasteiger partial charge in [-0.25, -0.2) is 0 Å². The number of hydrogen-bond acceptors (Lipinski definition) is 1. The summed E-state index contributed by atoms with van der Waals surface area (Å²) in [5.74, 6) is 0.547. The molecule has 0 saturated heterocycles. The van der Waals surface area contributed by atoms with Crippen molar-refractivity contribution >= 4 is 0 Å². The van der Waals surface area contributed by atoms with Gasteiger partial charge in [-0.1, -0.05) is 151 Å². The molecule has 0 saturated carbocycles. The van der Waals surface area contributed by atoms with E-state index in [-0.39, 0.29) is 0 Å². The third-order valence-corrected chi connectivity index (χ3v) is 7.00. The van der Waals surface area contributed by atoms with Crippen LogP contribution in [0.2, 0.25) is 0 Å². The molecule has 1 nitrogen and oxygen atoms in total. The van der Waals surface area contributed by atoms with Gasteiger partial charge in [-0.05, 0) is 44.6 Å². The largest absolute Gasteiger partial charge is 0.309 e. The lowest BCUT2D eigenvalue weighted by atomic mass is 9.87. The summed E-state index contributed by atoms with van der Waals surface area (Å²) in [6, 6.07) is 22.2. The molecule has 0 aliphatic rings. The van der Waals surface area contributed by atoms with Gasteiger partial charge in [-0.15, -0.1) is 0 Å². The van der Waals surface area contributed by atoms with Crippen LogP contribution < -0.4 is 0 Å². The maximum atomic E-state index is 2.30. The normalized spacial score (nSPS) is 11.5. The third kappa shape index (κ3) is 13.6. The average Bonchev–Trinajstić information content (AvgIpc) is 2.84. The highest BCUT2D eigenvalue weighted by Gasteiger charge is 2.13. The maximum Gasteiger partial charge on any atom is 0.00893 e. The standard InChI is InChI=1S/C32H51N/c1-33(2)29-23-15-13-11-9-7-5-3-4-6-8-10-12-14-22-28-32(30-24-18-16-19-25-30)31-26-20-17-21-27-31/h16-21,24-27,32H,3-15,22-23,28-29H2,1-2H3. The van der Waals surface area contributed by atoms with E-state index in [9.17, 15) is 0 Å². The van der Waals surface area contributed by atoms with Gasteiger partial charge < -0.3 is 4.90 Å². The molecule has 2 rings (SSSR count). The molecule has 2 aromatic rings. The molecule has 33 heavy (non-hydrogen) atoms. The van der Waals surface area contributed by atoms with E-state index in [1.807, 2.05) is 0 Å². The second-order valence-electron chi connectivity index (χ2n) is 10.3. The van der Waals surface area contributed by atoms with E-state index in [1.54, 1.807) is 0 Å². The summed E-state index contributed by atoms with van der Waals surface area (Å²) >= 11 is 0. The predicted octanol–water partition coefficient (Wildman–Crippen LogP) is 9.62. The fourth-order valence-electron chi connectivity index (χ4n) is 4.97. The zero-order chi connectivity index (χ0) is 23.4. The summed E-state index contributed by atoms with van der Waals surface area (Å²) in [6.45, 7) is 1.25. The van der Waals surface area contributed by atoms with Crippen LogP contribution >= 0.6 is 0 Å². The Morgan fingerprint density at radius 3 is 1.15 bits per heavy atom. The van der Waals surface area contributed by atoms with E-state index in [1.165, 1.54) is 120 Å². The van der Waals surface area contributed by atoms with Crippen LogP contribution in [0.25, 0.3) is 0 Å². The maximum absolute atomic E-state index is 2.30. The zero-order valence-corrected chi connectivity index (χ0v) is 21.8. The highest BCUT2D eigenvalue weighted by atomic mass is 15.0. The number of hydrogen-bond donors (Lipinski definition) is 0. The monoisotopic (exact) mass is 449 g/mol. The van der Waals surface area contributed by atoms with E-state index in [0.29, 0.717) is 5.92 Å². The van der Waals surface area contributed by atoms with Crippen LogP contribution in [-0.4, -0.2) is 25.5 Å². The van der Waals surface area contributed by atoms with Crippen LogP contribution in [0.1, 0.15) is 120 Å². The molecular weight excluding hydrogens is 398 g/mol. The second-order valence-corrected chi connectivity index (χ2v) is 10.3. The van der Waals surface area contributed by atoms with Gasteiger partial charge in [0.05, 0.1) is 0 Å². The first-order valence-corrected chi connectivity index (χ1v) is 14.0. The van der Waals surface area contributed by atoms with Crippen molar-refractivity contribution in [2.24, 2.45) is 0 Å². The van der Waals surface area contributed by atoms with E-state index in [2.05, 4.69) is 79.7 Å². The minimum atomic E-state index is 0.547. The molecule has 0 aliphatic heterocycles. The first kappa shape index (κ1) is 27.6. The molecule has 2 aromatic carbocycles. The van der Waals surface area contributed by atoms with Gasteiger partial charge in [0.15, 0.2) is 0 Å². The van der Waals surface area contributed by atoms with E-state index in [4.69, 9.17) is 0 Å². The predicted molar refractivity (Wildman–Crippen MR) is 147 cm³/mol. The number of unbranched alkanes of at least 4 members (excludes halogenated alkanes) is 14. The van der Waals surface area contributed by atoms with Crippen molar-refractivity contribution in [3.05, 3.63) is 71.8 Å². The van der Waals surface area contributed by atoms with Crippen LogP contribution in [0.5, 0.6) is 0 Å². The molecule has 0 heterocycles. The fourth-order valence-corrected chi connectivity index (χ4v) is 4.97. The first-order valence-electron chi connectivity index (χ1n) is 14.0. The Hall–Kier alpha value is -1.60. The number of nitrogens with zero attached hydrogens (tertiary/aromatic N) is 1. The van der Waals surface area contributed by atoms with Crippen molar-refractivity contribution in [2.45, 2.75) is 109 Å². The van der Waals surface area contributed by atoms with Crippen molar-refractivity contribution in [3.63, 3.8) is 0 Å². The molecule has 0 atom stereocenters. The van der Waals surface area contributed by atoms with Gasteiger partial charge in [0.25, 0.3) is 0 Å². The molecule has 0 spiro atoms. The second kappa shape index (κ2) is 18.8. The van der Waals surface area contributed by atoms with Crippen molar-refractivity contribution in [2.75, 3.05) is 20.6 Å². The fraction of sp³-hybridized carbons (Fsp3) is 0.625.